The molecule has 0 N–H and O–H groups in total. The van der Waals surface area contributed by atoms with Crippen molar-refractivity contribution < 1.29 is 28.5 Å². The van der Waals surface area contributed by atoms with Gasteiger partial charge in [-0.1, -0.05) is 59.8 Å². The number of benzene rings is 2. The van der Waals surface area contributed by atoms with Gasteiger partial charge in [-0.25, -0.2) is 4.79 Å². The zero-order valence-electron chi connectivity index (χ0n) is 15.2. The van der Waals surface area contributed by atoms with Gasteiger partial charge in [0.25, 0.3) is 0 Å². The first-order valence-electron chi connectivity index (χ1n) is 9.25. The second-order valence-corrected chi connectivity index (χ2v) is 8.24. The van der Waals surface area contributed by atoms with Gasteiger partial charge in [0.05, 0.1) is 6.61 Å². The maximum absolute atomic E-state index is 11.9. The molecule has 3 fully saturated rings. The number of carbonyl (C=O) groups excluding carboxylic acids is 1. The standard InChI is InChI=1S/C21H20O6S/c1-12-7-9-14(10-8-12)28-20-18-17(26-21(22)27-18)16-15(24-20)11-23-19(25-16)13-5-3-2-4-6-13/h2-10,15-20H,11H2,1H3/t15-,16-,17+,18-,19-,20+/m1/s1. The zero-order chi connectivity index (χ0) is 19.1. The van der Waals surface area contributed by atoms with Crippen LogP contribution in [0.3, 0.4) is 0 Å². The van der Waals surface area contributed by atoms with E-state index in [9.17, 15) is 4.79 Å². The Morgan fingerprint density at radius 3 is 2.43 bits per heavy atom. The Kier molecular flexibility index (Phi) is 4.76. The minimum atomic E-state index is -0.680. The Labute approximate surface area is 167 Å². The monoisotopic (exact) mass is 400 g/mol. The molecule has 3 heterocycles. The van der Waals surface area contributed by atoms with E-state index >= 15 is 0 Å². The summed E-state index contributed by atoms with van der Waals surface area (Å²) in [6.45, 7) is 2.40. The lowest BCUT2D eigenvalue weighted by Gasteiger charge is -2.45. The molecule has 2 aromatic rings. The molecule has 3 aliphatic heterocycles. The molecule has 0 saturated carbocycles. The minimum Gasteiger partial charge on any atom is -0.424 e. The van der Waals surface area contributed by atoms with E-state index in [1.54, 1.807) is 0 Å². The lowest BCUT2D eigenvalue weighted by atomic mass is 9.99. The fraction of sp³-hybridized carbons (Fsp3) is 0.381. The van der Waals surface area contributed by atoms with Crippen LogP contribution in [-0.4, -0.2) is 42.6 Å². The highest BCUT2D eigenvalue weighted by Crippen LogP contribution is 2.43. The SMILES string of the molecule is Cc1ccc(S[C@@H]2O[C@@H]3CO[C@@H](c4ccccc4)O[C@H]3[C@@H]3OC(=O)O[C@H]32)cc1. The third kappa shape index (κ3) is 3.39. The van der Waals surface area contributed by atoms with Crippen molar-refractivity contribution in [2.75, 3.05) is 6.61 Å². The number of thioether (sulfide) groups is 1. The largest absolute Gasteiger partial charge is 0.509 e. The first-order valence-corrected chi connectivity index (χ1v) is 10.1. The summed E-state index contributed by atoms with van der Waals surface area (Å²) in [5.74, 6) is 0. The van der Waals surface area contributed by atoms with Crippen LogP contribution in [0.15, 0.2) is 59.5 Å². The Balaban J connectivity index is 1.36. The normalized spacial score (nSPS) is 34.1. The van der Waals surface area contributed by atoms with E-state index in [0.717, 1.165) is 10.5 Å². The predicted octanol–water partition coefficient (Wildman–Crippen LogP) is 3.83. The Morgan fingerprint density at radius 2 is 1.64 bits per heavy atom. The first kappa shape index (κ1) is 18.0. The van der Waals surface area contributed by atoms with Gasteiger partial charge in [-0.3, -0.25) is 0 Å². The van der Waals surface area contributed by atoms with Crippen LogP contribution in [-0.2, 0) is 23.7 Å². The van der Waals surface area contributed by atoms with E-state index < -0.39 is 30.8 Å². The number of aryl methyl sites for hydroxylation is 1. The van der Waals surface area contributed by atoms with Crippen molar-refractivity contribution >= 4 is 17.9 Å². The second-order valence-electron chi connectivity index (χ2n) is 7.07. The van der Waals surface area contributed by atoms with Crippen LogP contribution in [0.25, 0.3) is 0 Å². The molecular formula is C21H20O6S. The molecule has 0 aliphatic carbocycles. The summed E-state index contributed by atoms with van der Waals surface area (Å²) in [7, 11) is 0. The van der Waals surface area contributed by atoms with Gasteiger partial charge in [-0.2, -0.15) is 0 Å². The molecule has 3 saturated heterocycles. The molecule has 0 amide bonds. The van der Waals surface area contributed by atoms with E-state index in [-0.39, 0.29) is 11.5 Å². The molecular weight excluding hydrogens is 380 g/mol. The molecule has 6 atom stereocenters. The summed E-state index contributed by atoms with van der Waals surface area (Å²) in [5.41, 5.74) is 1.71. The smallest absolute Gasteiger partial charge is 0.424 e. The van der Waals surface area contributed by atoms with Gasteiger partial charge in [0, 0.05) is 10.5 Å². The maximum atomic E-state index is 11.9. The number of hydrogen-bond donors (Lipinski definition) is 0. The van der Waals surface area contributed by atoms with Crippen molar-refractivity contribution in [1.29, 1.82) is 0 Å². The molecule has 146 valence electrons. The molecule has 3 aliphatic rings. The molecule has 5 rings (SSSR count). The summed E-state index contributed by atoms with van der Waals surface area (Å²) in [6, 6.07) is 17.8. The van der Waals surface area contributed by atoms with Gasteiger partial charge in [0.15, 0.2) is 18.5 Å². The Bertz CT molecular complexity index is 842. The number of ether oxygens (including phenoxy) is 5. The van der Waals surface area contributed by atoms with Gasteiger partial charge in [-0.05, 0) is 19.1 Å². The number of hydrogen-bond acceptors (Lipinski definition) is 7. The molecule has 0 aromatic heterocycles. The highest BCUT2D eigenvalue weighted by Gasteiger charge is 2.57. The third-order valence-corrected chi connectivity index (χ3v) is 6.25. The van der Waals surface area contributed by atoms with Gasteiger partial charge in [0.1, 0.15) is 17.6 Å². The molecule has 0 radical (unpaired) electrons. The predicted molar refractivity (Wildman–Crippen MR) is 101 cm³/mol. The fourth-order valence-electron chi connectivity index (χ4n) is 3.68. The van der Waals surface area contributed by atoms with Gasteiger partial charge >= 0.3 is 6.16 Å². The van der Waals surface area contributed by atoms with E-state index in [1.807, 2.05) is 61.5 Å². The maximum Gasteiger partial charge on any atom is 0.509 e. The number of carbonyl (C=O) groups is 1. The summed E-state index contributed by atoms with van der Waals surface area (Å²) in [6.07, 6.45) is -3.03. The zero-order valence-corrected chi connectivity index (χ0v) is 16.0. The Morgan fingerprint density at radius 1 is 0.893 bits per heavy atom. The van der Waals surface area contributed by atoms with Crippen LogP contribution in [0.1, 0.15) is 17.4 Å². The highest BCUT2D eigenvalue weighted by atomic mass is 32.2. The van der Waals surface area contributed by atoms with Crippen molar-refractivity contribution in [3.8, 4) is 0 Å². The summed E-state index contributed by atoms with van der Waals surface area (Å²) in [4.78, 5) is 12.9. The van der Waals surface area contributed by atoms with Crippen LogP contribution in [0, 0.1) is 6.92 Å². The molecule has 0 bridgehead atoms. The average Bonchev–Trinajstić information content (AvgIpc) is 3.12. The Hall–Kier alpha value is -2.06. The van der Waals surface area contributed by atoms with Crippen molar-refractivity contribution in [2.45, 2.75) is 48.0 Å². The third-order valence-electron chi connectivity index (χ3n) is 5.09. The van der Waals surface area contributed by atoms with Crippen LogP contribution in [0.4, 0.5) is 4.79 Å². The first-order chi connectivity index (χ1) is 13.7. The lowest BCUT2D eigenvalue weighted by molar-refractivity contribution is -0.305. The van der Waals surface area contributed by atoms with E-state index in [2.05, 4.69) is 0 Å². The highest BCUT2D eigenvalue weighted by molar-refractivity contribution is 7.99. The number of rotatable bonds is 3. The summed E-state index contributed by atoms with van der Waals surface area (Å²) < 4.78 is 29.2. The molecule has 2 aromatic carbocycles. The van der Waals surface area contributed by atoms with E-state index in [0.29, 0.717) is 6.61 Å². The van der Waals surface area contributed by atoms with Crippen LogP contribution in [0.5, 0.6) is 0 Å². The number of fused-ring (bicyclic) bond motifs is 3. The topological polar surface area (TPSA) is 63.2 Å². The van der Waals surface area contributed by atoms with E-state index in [4.69, 9.17) is 23.7 Å². The van der Waals surface area contributed by atoms with Crippen LogP contribution in [0.2, 0.25) is 0 Å². The van der Waals surface area contributed by atoms with Crippen molar-refractivity contribution in [3.05, 3.63) is 65.7 Å². The molecule has 6 nitrogen and oxygen atoms in total. The van der Waals surface area contributed by atoms with E-state index in [1.165, 1.54) is 17.3 Å². The fourth-order valence-corrected chi connectivity index (χ4v) is 4.79. The minimum absolute atomic E-state index is 0.335. The second kappa shape index (κ2) is 7.40. The molecule has 0 unspecified atom stereocenters. The quantitative estimate of drug-likeness (QED) is 0.726. The van der Waals surface area contributed by atoms with Crippen molar-refractivity contribution in [2.24, 2.45) is 0 Å². The lowest BCUT2D eigenvalue weighted by Crippen LogP contribution is -2.59. The van der Waals surface area contributed by atoms with Gasteiger partial charge < -0.3 is 23.7 Å². The molecule has 28 heavy (non-hydrogen) atoms. The average molecular weight is 400 g/mol. The molecule has 0 spiro atoms. The molecule has 7 heteroatoms. The summed E-state index contributed by atoms with van der Waals surface area (Å²) in [5, 5.41) is 0. The van der Waals surface area contributed by atoms with Gasteiger partial charge in [0.2, 0.25) is 0 Å². The summed E-state index contributed by atoms with van der Waals surface area (Å²) >= 11 is 1.51. The van der Waals surface area contributed by atoms with Crippen molar-refractivity contribution in [1.82, 2.24) is 0 Å². The van der Waals surface area contributed by atoms with Crippen LogP contribution >= 0.6 is 11.8 Å². The van der Waals surface area contributed by atoms with Gasteiger partial charge in [-0.15, -0.1) is 0 Å². The van der Waals surface area contributed by atoms with Crippen LogP contribution < -0.4 is 0 Å². The van der Waals surface area contributed by atoms with Crippen molar-refractivity contribution in [3.63, 3.8) is 0 Å².